The predicted octanol–water partition coefficient (Wildman–Crippen LogP) is 4.29. The number of thioether (sulfide) groups is 1. The van der Waals surface area contributed by atoms with Crippen LogP contribution in [0, 0.1) is 0 Å². The van der Waals surface area contributed by atoms with Crippen molar-refractivity contribution in [3.05, 3.63) is 58.0 Å². The van der Waals surface area contributed by atoms with Crippen LogP contribution in [-0.2, 0) is 9.59 Å². The summed E-state index contributed by atoms with van der Waals surface area (Å²) in [6.07, 6.45) is 0. The fourth-order valence-electron chi connectivity index (χ4n) is 1.84. The largest absolute Gasteiger partial charge is 0.336 e. The summed E-state index contributed by atoms with van der Waals surface area (Å²) in [4.78, 5) is 26.5. The standard InChI is InChI=1S/C17H16BrClN2O2S/c1-21(10-16(22)20-15-5-3-2-4-14(15)19)17(23)11-24-13-8-6-12(18)7-9-13/h2-9H,10-11H2,1H3,(H,20,22). The van der Waals surface area contributed by atoms with Crippen LogP contribution in [0.2, 0.25) is 5.02 Å². The molecular formula is C17H16BrClN2O2S. The summed E-state index contributed by atoms with van der Waals surface area (Å²) < 4.78 is 0.992. The lowest BCUT2D eigenvalue weighted by atomic mass is 10.3. The molecule has 7 heteroatoms. The number of likely N-dealkylation sites (N-methyl/N-ethyl adjacent to an activating group) is 1. The Bertz CT molecular complexity index is 725. The van der Waals surface area contributed by atoms with E-state index in [4.69, 9.17) is 11.6 Å². The number of nitrogens with zero attached hydrogens (tertiary/aromatic N) is 1. The molecule has 0 heterocycles. The maximum atomic E-state index is 12.1. The van der Waals surface area contributed by atoms with Crippen LogP contribution >= 0.6 is 39.3 Å². The summed E-state index contributed by atoms with van der Waals surface area (Å²) >= 11 is 10.8. The van der Waals surface area contributed by atoms with E-state index in [1.165, 1.54) is 16.7 Å². The maximum absolute atomic E-state index is 12.1. The average molecular weight is 428 g/mol. The molecule has 0 unspecified atom stereocenters. The first-order valence-corrected chi connectivity index (χ1v) is 9.28. The highest BCUT2D eigenvalue weighted by atomic mass is 79.9. The lowest BCUT2D eigenvalue weighted by Crippen LogP contribution is -2.36. The van der Waals surface area contributed by atoms with Crippen molar-refractivity contribution in [2.75, 3.05) is 24.7 Å². The second-order valence-electron chi connectivity index (χ2n) is 5.02. The molecule has 0 spiro atoms. The summed E-state index contributed by atoms with van der Waals surface area (Å²) in [5, 5.41) is 3.16. The van der Waals surface area contributed by atoms with Crippen LogP contribution < -0.4 is 5.32 Å². The lowest BCUT2D eigenvalue weighted by Gasteiger charge is -2.17. The zero-order chi connectivity index (χ0) is 17.5. The number of halogens is 2. The normalized spacial score (nSPS) is 10.3. The van der Waals surface area contributed by atoms with Crippen LogP contribution in [0.15, 0.2) is 57.9 Å². The fraction of sp³-hybridized carbons (Fsp3) is 0.176. The molecular weight excluding hydrogens is 412 g/mol. The number of anilines is 1. The Morgan fingerprint density at radius 3 is 2.50 bits per heavy atom. The zero-order valence-electron chi connectivity index (χ0n) is 13.0. The van der Waals surface area contributed by atoms with Gasteiger partial charge in [0.05, 0.1) is 23.0 Å². The molecule has 126 valence electrons. The minimum absolute atomic E-state index is 0.0229. The fourth-order valence-corrected chi connectivity index (χ4v) is 3.13. The van der Waals surface area contributed by atoms with Gasteiger partial charge in [-0.25, -0.2) is 0 Å². The molecule has 0 aromatic heterocycles. The summed E-state index contributed by atoms with van der Waals surface area (Å²) in [7, 11) is 1.61. The van der Waals surface area contributed by atoms with Crippen LogP contribution in [0.25, 0.3) is 0 Å². The van der Waals surface area contributed by atoms with Gasteiger partial charge in [-0.3, -0.25) is 9.59 Å². The van der Waals surface area contributed by atoms with Gasteiger partial charge in [-0.05, 0) is 36.4 Å². The first kappa shape index (κ1) is 18.8. The third-order valence-electron chi connectivity index (χ3n) is 3.13. The monoisotopic (exact) mass is 426 g/mol. The number of benzene rings is 2. The van der Waals surface area contributed by atoms with Gasteiger partial charge >= 0.3 is 0 Å². The van der Waals surface area contributed by atoms with E-state index in [1.807, 2.05) is 24.3 Å². The first-order valence-electron chi connectivity index (χ1n) is 7.12. The van der Waals surface area contributed by atoms with Crippen LogP contribution in [0.4, 0.5) is 5.69 Å². The first-order chi connectivity index (χ1) is 11.5. The van der Waals surface area contributed by atoms with E-state index in [0.29, 0.717) is 10.7 Å². The highest BCUT2D eigenvalue weighted by molar-refractivity contribution is 9.10. The lowest BCUT2D eigenvalue weighted by molar-refractivity contribution is -0.131. The smallest absolute Gasteiger partial charge is 0.244 e. The Labute approximate surface area is 158 Å². The van der Waals surface area contributed by atoms with Crippen LogP contribution in [0.1, 0.15) is 0 Å². The maximum Gasteiger partial charge on any atom is 0.244 e. The van der Waals surface area contributed by atoms with Crippen molar-refractivity contribution >= 4 is 56.8 Å². The minimum atomic E-state index is -0.285. The number of para-hydroxylation sites is 1. The number of nitrogens with one attached hydrogen (secondary N) is 1. The molecule has 24 heavy (non-hydrogen) atoms. The highest BCUT2D eigenvalue weighted by Gasteiger charge is 2.14. The third-order valence-corrected chi connectivity index (χ3v) is 4.99. The third kappa shape index (κ3) is 5.85. The zero-order valence-corrected chi connectivity index (χ0v) is 16.1. The second kappa shape index (κ2) is 9.11. The van der Waals surface area contributed by atoms with Crippen molar-refractivity contribution in [3.8, 4) is 0 Å². The number of amides is 2. The molecule has 2 aromatic rings. The van der Waals surface area contributed by atoms with Gasteiger partial charge in [0, 0.05) is 16.4 Å². The Hall–Kier alpha value is -1.50. The molecule has 0 aliphatic heterocycles. The van der Waals surface area contributed by atoms with Crippen LogP contribution in [0.5, 0.6) is 0 Å². The van der Waals surface area contributed by atoms with E-state index >= 15 is 0 Å². The van der Waals surface area contributed by atoms with E-state index in [-0.39, 0.29) is 24.1 Å². The molecule has 0 bridgehead atoms. The Morgan fingerprint density at radius 2 is 1.83 bits per heavy atom. The van der Waals surface area contributed by atoms with Crippen molar-refractivity contribution in [1.82, 2.24) is 4.90 Å². The summed E-state index contributed by atoms with van der Waals surface area (Å²) in [6, 6.07) is 14.7. The predicted molar refractivity (Wildman–Crippen MR) is 103 cm³/mol. The molecule has 1 N–H and O–H groups in total. The van der Waals surface area contributed by atoms with E-state index < -0.39 is 0 Å². The molecule has 0 saturated carbocycles. The Morgan fingerprint density at radius 1 is 1.17 bits per heavy atom. The van der Waals surface area contributed by atoms with Gasteiger partial charge in [0.2, 0.25) is 11.8 Å². The number of carbonyl (C=O) groups is 2. The highest BCUT2D eigenvalue weighted by Crippen LogP contribution is 2.21. The van der Waals surface area contributed by atoms with Crippen molar-refractivity contribution in [3.63, 3.8) is 0 Å². The minimum Gasteiger partial charge on any atom is -0.336 e. The molecule has 0 atom stereocenters. The van der Waals surface area contributed by atoms with E-state index in [1.54, 1.807) is 31.3 Å². The van der Waals surface area contributed by atoms with E-state index in [2.05, 4.69) is 21.2 Å². The molecule has 0 fully saturated rings. The molecule has 2 amide bonds. The van der Waals surface area contributed by atoms with E-state index in [9.17, 15) is 9.59 Å². The molecule has 4 nitrogen and oxygen atoms in total. The van der Waals surface area contributed by atoms with Crippen molar-refractivity contribution < 1.29 is 9.59 Å². The molecule has 2 rings (SSSR count). The summed E-state index contributed by atoms with van der Waals surface area (Å²) in [6.45, 7) is -0.0229. The second-order valence-corrected chi connectivity index (χ2v) is 7.39. The summed E-state index contributed by atoms with van der Waals surface area (Å²) in [5.41, 5.74) is 0.536. The molecule has 0 saturated heterocycles. The number of hydrogen-bond acceptors (Lipinski definition) is 3. The topological polar surface area (TPSA) is 49.4 Å². The SMILES string of the molecule is CN(CC(=O)Nc1ccccc1Cl)C(=O)CSc1ccc(Br)cc1. The molecule has 2 aromatic carbocycles. The Balaban J connectivity index is 1.81. The number of hydrogen-bond donors (Lipinski definition) is 1. The van der Waals surface area contributed by atoms with Gasteiger partial charge in [0.15, 0.2) is 0 Å². The van der Waals surface area contributed by atoms with Crippen molar-refractivity contribution in [2.45, 2.75) is 4.90 Å². The quantitative estimate of drug-likeness (QED) is 0.700. The molecule has 0 aliphatic carbocycles. The Kier molecular flexibility index (Phi) is 7.15. The van der Waals surface area contributed by atoms with Gasteiger partial charge in [-0.2, -0.15) is 0 Å². The van der Waals surface area contributed by atoms with Gasteiger partial charge in [-0.1, -0.05) is 39.7 Å². The van der Waals surface area contributed by atoms with Crippen LogP contribution in [0.3, 0.4) is 0 Å². The van der Waals surface area contributed by atoms with Crippen LogP contribution in [-0.4, -0.2) is 36.1 Å². The van der Waals surface area contributed by atoms with E-state index in [0.717, 1.165) is 9.37 Å². The van der Waals surface area contributed by atoms with Gasteiger partial charge in [-0.15, -0.1) is 11.8 Å². The van der Waals surface area contributed by atoms with Gasteiger partial charge in [0.25, 0.3) is 0 Å². The van der Waals surface area contributed by atoms with Crippen molar-refractivity contribution in [1.29, 1.82) is 0 Å². The number of rotatable bonds is 6. The molecule has 0 aliphatic rings. The average Bonchev–Trinajstić information content (AvgIpc) is 2.56. The molecule has 0 radical (unpaired) electrons. The van der Waals surface area contributed by atoms with Gasteiger partial charge < -0.3 is 10.2 Å². The summed E-state index contributed by atoms with van der Waals surface area (Å²) in [5.74, 6) is -0.123. The van der Waals surface area contributed by atoms with Crippen molar-refractivity contribution in [2.24, 2.45) is 0 Å². The number of carbonyl (C=O) groups excluding carboxylic acids is 2. The van der Waals surface area contributed by atoms with Gasteiger partial charge in [0.1, 0.15) is 0 Å².